The van der Waals surface area contributed by atoms with Crippen LogP contribution in [0.5, 0.6) is 0 Å². The lowest BCUT2D eigenvalue weighted by molar-refractivity contribution is 0.551. The maximum absolute atomic E-state index is 13.8. The van der Waals surface area contributed by atoms with E-state index in [1.54, 1.807) is 28.6 Å². The zero-order valence-corrected chi connectivity index (χ0v) is 20.0. The number of benzene rings is 3. The van der Waals surface area contributed by atoms with E-state index in [9.17, 15) is 8.42 Å². The number of hydrogen-bond acceptors (Lipinski definition) is 3. The first-order chi connectivity index (χ1) is 15.4. The van der Waals surface area contributed by atoms with Crippen LogP contribution in [0.15, 0.2) is 77.7 Å². The fraction of sp³-hybridized carbons (Fsp3) is 0.308. The van der Waals surface area contributed by atoms with Crippen LogP contribution in [-0.4, -0.2) is 15.0 Å². The van der Waals surface area contributed by atoms with Gasteiger partial charge in [0.2, 0.25) is 0 Å². The molecule has 1 atom stereocenters. The molecule has 3 aromatic rings. The highest BCUT2D eigenvalue weighted by Crippen LogP contribution is 2.42. The number of halogens is 1. The van der Waals surface area contributed by atoms with Crippen LogP contribution < -0.4 is 9.62 Å². The Labute approximate surface area is 196 Å². The van der Waals surface area contributed by atoms with Crippen LogP contribution in [0.2, 0.25) is 5.02 Å². The number of sulfonamides is 1. The minimum atomic E-state index is -3.76. The summed E-state index contributed by atoms with van der Waals surface area (Å²) < 4.78 is 29.2. The molecule has 0 amide bonds. The van der Waals surface area contributed by atoms with E-state index in [1.807, 2.05) is 24.3 Å². The number of hydrogen-bond donors (Lipinski definition) is 1. The van der Waals surface area contributed by atoms with Gasteiger partial charge in [0.1, 0.15) is 0 Å². The first kappa shape index (κ1) is 22.8. The third kappa shape index (κ3) is 4.85. The molecule has 0 saturated heterocycles. The molecule has 0 fully saturated rings. The molecule has 0 aliphatic carbocycles. The van der Waals surface area contributed by atoms with Crippen LogP contribution in [0, 0.1) is 5.92 Å². The summed E-state index contributed by atoms with van der Waals surface area (Å²) in [5, 5.41) is 3.97. The maximum Gasteiger partial charge on any atom is 0.264 e. The standard InChI is InChI=1S/C26H29ClN2O2S/c1-19(2)17-28-18-20-7-9-22(10-8-20)26-16-11-21-5-3-4-6-25(21)29(26)32(30,31)24-14-12-23(27)13-15-24/h3-10,12-15,19,26,28H,11,16-18H2,1-2H3. The van der Waals surface area contributed by atoms with Crippen molar-refractivity contribution in [2.45, 2.75) is 44.2 Å². The molecule has 1 heterocycles. The molecule has 4 nitrogen and oxygen atoms in total. The van der Waals surface area contributed by atoms with Crippen LogP contribution in [0.3, 0.4) is 0 Å². The van der Waals surface area contributed by atoms with Crippen LogP contribution in [-0.2, 0) is 23.0 Å². The number of rotatable bonds is 7. The molecule has 6 heteroatoms. The van der Waals surface area contributed by atoms with Crippen LogP contribution in [0.25, 0.3) is 0 Å². The van der Waals surface area contributed by atoms with Gasteiger partial charge in [-0.2, -0.15) is 0 Å². The highest BCUT2D eigenvalue weighted by Gasteiger charge is 2.36. The molecule has 0 bridgehead atoms. The second-order valence-electron chi connectivity index (χ2n) is 8.70. The molecule has 0 saturated carbocycles. The molecule has 1 N–H and O–H groups in total. The van der Waals surface area contributed by atoms with E-state index in [1.165, 1.54) is 5.56 Å². The van der Waals surface area contributed by atoms with Gasteiger partial charge in [-0.25, -0.2) is 8.42 Å². The van der Waals surface area contributed by atoms with Crippen molar-refractivity contribution in [1.82, 2.24) is 5.32 Å². The molecular formula is C26H29ClN2O2S. The minimum Gasteiger partial charge on any atom is -0.312 e. The van der Waals surface area contributed by atoms with Gasteiger partial charge in [-0.3, -0.25) is 4.31 Å². The highest BCUT2D eigenvalue weighted by atomic mass is 35.5. The Hall–Kier alpha value is -2.34. The molecule has 0 aromatic heterocycles. The Kier molecular flexibility index (Phi) is 6.89. The monoisotopic (exact) mass is 468 g/mol. The molecule has 4 rings (SSSR count). The lowest BCUT2D eigenvalue weighted by atomic mass is 9.93. The van der Waals surface area contributed by atoms with Crippen molar-refractivity contribution in [3.05, 3.63) is 94.5 Å². The Balaban J connectivity index is 1.69. The van der Waals surface area contributed by atoms with E-state index in [2.05, 4.69) is 43.4 Å². The van der Waals surface area contributed by atoms with E-state index < -0.39 is 10.0 Å². The summed E-state index contributed by atoms with van der Waals surface area (Å²) in [5.74, 6) is 0.600. The largest absolute Gasteiger partial charge is 0.312 e. The Morgan fingerprint density at radius 3 is 2.38 bits per heavy atom. The molecular weight excluding hydrogens is 440 g/mol. The molecule has 1 unspecified atom stereocenters. The molecule has 0 radical (unpaired) electrons. The second kappa shape index (κ2) is 9.65. The fourth-order valence-corrected chi connectivity index (χ4v) is 6.03. The van der Waals surface area contributed by atoms with E-state index in [-0.39, 0.29) is 10.9 Å². The first-order valence-electron chi connectivity index (χ1n) is 11.0. The number of anilines is 1. The predicted octanol–water partition coefficient (Wildman–Crippen LogP) is 5.97. The van der Waals surface area contributed by atoms with Crippen molar-refractivity contribution in [3.63, 3.8) is 0 Å². The van der Waals surface area contributed by atoms with E-state index in [4.69, 9.17) is 11.6 Å². The van der Waals surface area contributed by atoms with Gasteiger partial charge in [-0.1, -0.05) is 67.9 Å². The van der Waals surface area contributed by atoms with Gasteiger partial charge in [0.15, 0.2) is 0 Å². The zero-order chi connectivity index (χ0) is 22.7. The van der Waals surface area contributed by atoms with Crippen molar-refractivity contribution in [3.8, 4) is 0 Å². The van der Waals surface area contributed by atoms with Crippen molar-refractivity contribution >= 4 is 27.3 Å². The van der Waals surface area contributed by atoms with Gasteiger partial charge >= 0.3 is 0 Å². The van der Waals surface area contributed by atoms with Gasteiger partial charge in [0.05, 0.1) is 16.6 Å². The molecule has 32 heavy (non-hydrogen) atoms. The number of para-hydroxylation sites is 1. The maximum atomic E-state index is 13.8. The fourth-order valence-electron chi connectivity index (χ4n) is 4.20. The number of fused-ring (bicyclic) bond motifs is 1. The topological polar surface area (TPSA) is 49.4 Å². The zero-order valence-electron chi connectivity index (χ0n) is 18.5. The second-order valence-corrected chi connectivity index (χ2v) is 11.0. The quantitative estimate of drug-likeness (QED) is 0.464. The van der Waals surface area contributed by atoms with Gasteiger partial charge in [0.25, 0.3) is 10.0 Å². The summed E-state index contributed by atoms with van der Waals surface area (Å²) in [7, 11) is -3.76. The van der Waals surface area contributed by atoms with Crippen molar-refractivity contribution < 1.29 is 8.42 Å². The summed E-state index contributed by atoms with van der Waals surface area (Å²) in [6, 6.07) is 22.2. The van der Waals surface area contributed by atoms with Crippen molar-refractivity contribution in [2.75, 3.05) is 10.8 Å². The van der Waals surface area contributed by atoms with Crippen LogP contribution in [0.1, 0.15) is 43.0 Å². The molecule has 1 aliphatic rings. The van der Waals surface area contributed by atoms with Gasteiger partial charge < -0.3 is 5.32 Å². The normalized spacial score (nSPS) is 16.2. The molecule has 1 aliphatic heterocycles. The summed E-state index contributed by atoms with van der Waals surface area (Å²) in [6.07, 6.45) is 1.57. The Morgan fingerprint density at radius 2 is 1.69 bits per heavy atom. The van der Waals surface area contributed by atoms with E-state index >= 15 is 0 Å². The van der Waals surface area contributed by atoms with Gasteiger partial charge in [0, 0.05) is 11.6 Å². The average molecular weight is 469 g/mol. The Morgan fingerprint density at radius 1 is 1.00 bits per heavy atom. The lowest BCUT2D eigenvalue weighted by Gasteiger charge is -2.38. The number of aryl methyl sites for hydroxylation is 1. The first-order valence-corrected chi connectivity index (χ1v) is 12.9. The molecule has 168 valence electrons. The highest BCUT2D eigenvalue weighted by molar-refractivity contribution is 7.92. The number of nitrogens with one attached hydrogen (secondary N) is 1. The summed E-state index contributed by atoms with van der Waals surface area (Å²) >= 11 is 6.01. The third-order valence-electron chi connectivity index (χ3n) is 5.82. The van der Waals surface area contributed by atoms with Gasteiger partial charge in [-0.15, -0.1) is 0 Å². The van der Waals surface area contributed by atoms with E-state index in [0.29, 0.717) is 10.9 Å². The molecule has 3 aromatic carbocycles. The van der Waals surface area contributed by atoms with Gasteiger partial charge in [-0.05, 0) is 72.3 Å². The Bertz CT molecular complexity index is 1160. The lowest BCUT2D eigenvalue weighted by Crippen LogP contribution is -2.38. The van der Waals surface area contributed by atoms with Crippen molar-refractivity contribution in [2.24, 2.45) is 5.92 Å². The minimum absolute atomic E-state index is 0.248. The van der Waals surface area contributed by atoms with Crippen molar-refractivity contribution in [1.29, 1.82) is 0 Å². The van der Waals surface area contributed by atoms with Crippen LogP contribution >= 0.6 is 11.6 Å². The smallest absolute Gasteiger partial charge is 0.264 e. The predicted molar refractivity (Wildman–Crippen MR) is 132 cm³/mol. The number of nitrogens with zero attached hydrogens (tertiary/aromatic N) is 1. The summed E-state index contributed by atoms with van der Waals surface area (Å²) in [4.78, 5) is 0.248. The van der Waals surface area contributed by atoms with Crippen LogP contribution in [0.4, 0.5) is 5.69 Å². The SMILES string of the molecule is CC(C)CNCc1ccc(C2CCc3ccccc3N2S(=O)(=O)c2ccc(Cl)cc2)cc1. The molecule has 0 spiro atoms. The summed E-state index contributed by atoms with van der Waals surface area (Å²) in [5.41, 5.74) is 4.00. The van der Waals surface area contributed by atoms with E-state index in [0.717, 1.165) is 42.7 Å². The third-order valence-corrected chi connectivity index (χ3v) is 7.90. The average Bonchev–Trinajstić information content (AvgIpc) is 2.79. The summed E-state index contributed by atoms with van der Waals surface area (Å²) in [6.45, 7) is 6.15.